The molecule has 0 amide bonds. The Hall–Kier alpha value is -4.21. The average Bonchev–Trinajstić information content (AvgIpc) is 3.83. The molecule has 14 heteroatoms. The lowest BCUT2D eigenvalue weighted by Crippen LogP contribution is -2.36. The number of hydrogen-bond donors (Lipinski definition) is 0. The van der Waals surface area contributed by atoms with E-state index in [-0.39, 0.29) is 19.4 Å². The van der Waals surface area contributed by atoms with Crippen LogP contribution in [0.3, 0.4) is 0 Å². The molecular weight excluding hydrogens is 661 g/mol. The molecule has 0 fully saturated rings. The molecule has 0 atom stereocenters. The number of ether oxygens (including phenoxy) is 1. The lowest BCUT2D eigenvalue weighted by molar-refractivity contribution is -0.668. The maximum Gasteiger partial charge on any atom is 0.263 e. The molecule has 47 heavy (non-hydrogen) atoms. The van der Waals surface area contributed by atoms with Crippen LogP contribution in [-0.2, 0) is 26.8 Å². The van der Waals surface area contributed by atoms with Gasteiger partial charge in [0.05, 0.1) is 31.6 Å². The van der Waals surface area contributed by atoms with Crippen molar-refractivity contribution < 1.29 is 35.2 Å². The Morgan fingerprint density at radius 1 is 0.872 bits per heavy atom. The molecular formula is C33H33N4O7S3-. The van der Waals surface area contributed by atoms with Crippen molar-refractivity contribution in [2.75, 3.05) is 23.0 Å². The Balaban J connectivity index is 1.38. The van der Waals surface area contributed by atoms with Gasteiger partial charge in [0.1, 0.15) is 4.70 Å². The van der Waals surface area contributed by atoms with E-state index in [9.17, 15) is 25.9 Å². The molecule has 11 nitrogen and oxygen atoms in total. The molecule has 0 unspecified atom stereocenters. The van der Waals surface area contributed by atoms with Crippen molar-refractivity contribution in [2.45, 2.75) is 32.7 Å². The average molecular weight is 694 g/mol. The van der Waals surface area contributed by atoms with Gasteiger partial charge in [0, 0.05) is 73.2 Å². The third-order valence-corrected chi connectivity index (χ3v) is 10.5. The van der Waals surface area contributed by atoms with Gasteiger partial charge in [0.25, 0.3) is 5.01 Å². The van der Waals surface area contributed by atoms with Crippen LogP contribution in [0.25, 0.3) is 27.7 Å². The van der Waals surface area contributed by atoms with Gasteiger partial charge < -0.3 is 27.9 Å². The fourth-order valence-corrected chi connectivity index (χ4v) is 7.66. The van der Waals surface area contributed by atoms with Gasteiger partial charge in [-0.05, 0) is 73.0 Å². The summed E-state index contributed by atoms with van der Waals surface area (Å²) in [5.74, 6) is 0.154. The summed E-state index contributed by atoms with van der Waals surface area (Å²) in [7, 11) is -8.75. The number of nitrogens with zero attached hydrogens (tertiary/aromatic N) is 4. The van der Waals surface area contributed by atoms with Gasteiger partial charge in [-0.2, -0.15) is 4.57 Å². The maximum absolute atomic E-state index is 11.4. The molecule has 0 spiro atoms. The highest BCUT2D eigenvalue weighted by molar-refractivity contribution is 7.85. The zero-order chi connectivity index (χ0) is 33.2. The smallest absolute Gasteiger partial charge is 0.263 e. The number of aromatic nitrogens is 3. The van der Waals surface area contributed by atoms with Crippen LogP contribution in [0.2, 0.25) is 0 Å². The van der Waals surface area contributed by atoms with E-state index >= 15 is 0 Å². The third-order valence-electron chi connectivity index (χ3n) is 7.81. The fraction of sp³-hybridized carbons (Fsp3) is 0.242. The zero-order valence-electron chi connectivity index (χ0n) is 25.6. The van der Waals surface area contributed by atoms with Crippen LogP contribution in [0, 0.1) is 0 Å². The topological polar surface area (TPSA) is 141 Å². The Kier molecular flexibility index (Phi) is 9.39. The predicted octanol–water partition coefficient (Wildman–Crippen LogP) is 5.17. The van der Waals surface area contributed by atoms with Gasteiger partial charge in [-0.3, -0.25) is 0 Å². The number of aryl methyl sites for hydroxylation is 1. The van der Waals surface area contributed by atoms with Gasteiger partial charge >= 0.3 is 0 Å². The Morgan fingerprint density at radius 3 is 2.13 bits per heavy atom. The summed E-state index contributed by atoms with van der Waals surface area (Å²) in [4.78, 5) is 1.89. The van der Waals surface area contributed by atoms with E-state index in [4.69, 9.17) is 4.74 Å². The van der Waals surface area contributed by atoms with Gasteiger partial charge in [-0.1, -0.05) is 18.3 Å². The minimum atomic E-state index is -4.39. The number of allylic oxidation sites excluding steroid dienone is 2. The second kappa shape index (κ2) is 13.5. The van der Waals surface area contributed by atoms with Crippen molar-refractivity contribution in [3.63, 3.8) is 0 Å². The molecule has 4 heterocycles. The van der Waals surface area contributed by atoms with Crippen LogP contribution in [0.15, 0.2) is 103 Å². The highest BCUT2D eigenvalue weighted by Gasteiger charge is 2.28. The second-order valence-corrected chi connectivity index (χ2v) is 15.2. The summed E-state index contributed by atoms with van der Waals surface area (Å²) < 4.78 is 81.8. The second-order valence-electron chi connectivity index (χ2n) is 11.1. The number of fused-ring (bicyclic) bond motifs is 2. The van der Waals surface area contributed by atoms with Crippen molar-refractivity contribution in [1.29, 1.82) is 0 Å². The molecule has 6 rings (SSSR count). The largest absolute Gasteiger partial charge is 0.748 e. The maximum atomic E-state index is 11.4. The Morgan fingerprint density at radius 2 is 1.49 bits per heavy atom. The van der Waals surface area contributed by atoms with Gasteiger partial charge in [-0.25, -0.2) is 16.8 Å². The van der Waals surface area contributed by atoms with E-state index in [0.717, 1.165) is 37.9 Å². The van der Waals surface area contributed by atoms with Crippen molar-refractivity contribution >= 4 is 53.6 Å². The van der Waals surface area contributed by atoms with Crippen LogP contribution >= 0.6 is 11.3 Å². The summed E-state index contributed by atoms with van der Waals surface area (Å²) in [5, 5.41) is 0.871. The molecule has 3 aromatic heterocycles. The van der Waals surface area contributed by atoms with E-state index in [2.05, 4.69) is 0 Å². The van der Waals surface area contributed by atoms with Crippen LogP contribution in [0.1, 0.15) is 31.2 Å². The van der Waals surface area contributed by atoms with Crippen molar-refractivity contribution in [1.82, 2.24) is 9.13 Å². The number of thiazole rings is 1. The third kappa shape index (κ3) is 7.85. The highest BCUT2D eigenvalue weighted by Crippen LogP contribution is 2.41. The molecule has 1 aliphatic heterocycles. The lowest BCUT2D eigenvalue weighted by atomic mass is 10.1. The number of benzene rings is 2. The first-order valence-electron chi connectivity index (χ1n) is 15.1. The van der Waals surface area contributed by atoms with Crippen molar-refractivity contribution in [3.8, 4) is 17.1 Å². The fourth-order valence-electron chi connectivity index (χ4n) is 5.55. The quantitative estimate of drug-likeness (QED) is 0.122. The first-order valence-corrected chi connectivity index (χ1v) is 19.1. The minimum Gasteiger partial charge on any atom is -0.748 e. The van der Waals surface area contributed by atoms with Gasteiger partial charge in [0.2, 0.25) is 11.4 Å². The molecule has 0 radical (unpaired) electrons. The summed E-state index contributed by atoms with van der Waals surface area (Å²) in [6, 6.07) is 19.6. The molecule has 0 saturated carbocycles. The summed E-state index contributed by atoms with van der Waals surface area (Å²) in [6.45, 7) is 2.59. The Bertz CT molecular complexity index is 2170. The predicted molar refractivity (Wildman–Crippen MR) is 180 cm³/mol. The van der Waals surface area contributed by atoms with Crippen LogP contribution in [0.4, 0.5) is 5.69 Å². The van der Waals surface area contributed by atoms with E-state index in [1.807, 2.05) is 123 Å². The molecule has 246 valence electrons. The molecule has 0 N–H and O–H groups in total. The molecule has 0 aliphatic carbocycles. The lowest BCUT2D eigenvalue weighted by Gasteiger charge is -2.19. The Labute approximate surface area is 277 Å². The zero-order valence-corrected chi connectivity index (χ0v) is 28.0. The summed E-state index contributed by atoms with van der Waals surface area (Å²) in [6.07, 6.45) is 12.6. The SMILES string of the molecule is CCC(/C=C1\Oc2ccc(-n3cccc3)cc2N1CCCS(=O)(=O)[O-])=C\c1sc2ccc(-n3cccc3)cc2[n+]1CCCS(=O)(=O)[O-]. The standard InChI is InChI=1S/C33H34N4O7S3/c1-2-25(21-32-36(17-7-19-46(38,39)40)28-23-26(9-11-30(28)44-32)34-13-3-4-14-34)22-33-37(18-8-20-47(41,42)43)29-24-27(10-12-31(29)45-33)35-15-5-6-16-35/h3-6,9-16,21-24H,2,7-8,17-20H2,1H3,(H-,38,39,40,41,42,43)/p-1. The van der Waals surface area contributed by atoms with Crippen LogP contribution < -0.4 is 14.2 Å². The van der Waals surface area contributed by atoms with Crippen LogP contribution in [0.5, 0.6) is 5.75 Å². The van der Waals surface area contributed by atoms with E-state index in [1.54, 1.807) is 11.3 Å². The molecule has 5 aromatic rings. The summed E-state index contributed by atoms with van der Waals surface area (Å²) in [5.41, 5.74) is 4.43. The molecule has 0 saturated heterocycles. The number of rotatable bonds is 13. The molecule has 0 bridgehead atoms. The van der Waals surface area contributed by atoms with Crippen molar-refractivity contribution in [3.05, 3.63) is 108 Å². The van der Waals surface area contributed by atoms with Gasteiger partial charge in [0.15, 0.2) is 12.3 Å². The number of anilines is 1. The van der Waals surface area contributed by atoms with E-state index in [0.29, 0.717) is 24.6 Å². The first kappa shape index (κ1) is 32.7. The number of hydrogen-bond acceptors (Lipinski definition) is 9. The first-order chi connectivity index (χ1) is 22.5. The normalized spacial score (nSPS) is 14.7. The van der Waals surface area contributed by atoms with Crippen LogP contribution in [-0.4, -0.2) is 53.1 Å². The summed E-state index contributed by atoms with van der Waals surface area (Å²) >= 11 is 1.56. The van der Waals surface area contributed by atoms with Gasteiger partial charge in [-0.15, -0.1) is 0 Å². The van der Waals surface area contributed by atoms with Crippen molar-refractivity contribution in [2.24, 2.45) is 0 Å². The minimum absolute atomic E-state index is 0.119. The highest BCUT2D eigenvalue weighted by atomic mass is 32.2. The molecule has 1 aliphatic rings. The van der Waals surface area contributed by atoms with E-state index in [1.165, 1.54) is 0 Å². The van der Waals surface area contributed by atoms with E-state index < -0.39 is 31.7 Å². The monoisotopic (exact) mass is 693 g/mol. The molecule has 2 aromatic carbocycles.